The van der Waals surface area contributed by atoms with Crippen LogP contribution in [0.4, 0.5) is 5.13 Å². The number of nitrogens with zero attached hydrogens (tertiary/aromatic N) is 5. The normalized spacial score (nSPS) is 17.6. The number of carbonyl (C=O) groups excluding carboxylic acids is 1. The van der Waals surface area contributed by atoms with Crippen LogP contribution in [0.5, 0.6) is 5.88 Å². The number of rotatable bonds is 3. The summed E-state index contributed by atoms with van der Waals surface area (Å²) in [7, 11) is 0. The number of para-hydroxylation sites is 1. The van der Waals surface area contributed by atoms with E-state index in [1.54, 1.807) is 0 Å². The van der Waals surface area contributed by atoms with Gasteiger partial charge in [0.05, 0.1) is 10.9 Å². The Morgan fingerprint density at radius 2 is 1.93 bits per heavy atom. The number of amides is 1. The van der Waals surface area contributed by atoms with Crippen LogP contribution in [0, 0.1) is 6.92 Å². The second-order valence-corrected chi connectivity index (χ2v) is 9.36. The van der Waals surface area contributed by atoms with E-state index in [1.807, 2.05) is 35.8 Å². The Morgan fingerprint density at radius 1 is 1.14 bits per heavy atom. The number of aryl methyl sites for hydroxylation is 1. The molecule has 0 saturated heterocycles. The molecule has 1 aliphatic carbocycles. The van der Waals surface area contributed by atoms with Crippen molar-refractivity contribution in [1.82, 2.24) is 14.8 Å². The third-order valence-corrected chi connectivity index (χ3v) is 7.11. The van der Waals surface area contributed by atoms with Crippen molar-refractivity contribution in [3.05, 3.63) is 49.5 Å². The molecule has 0 bridgehead atoms. The fraction of sp³-hybridized carbons (Fsp3) is 0.350. The molecule has 29 heavy (non-hydrogen) atoms. The summed E-state index contributed by atoms with van der Waals surface area (Å²) >= 11 is 2.72. The van der Waals surface area contributed by atoms with Gasteiger partial charge >= 0.3 is 0 Å². The Balaban J connectivity index is 1.76. The highest BCUT2D eigenvalue weighted by molar-refractivity contribution is 7.15. The molecule has 0 radical (unpaired) electrons. The summed E-state index contributed by atoms with van der Waals surface area (Å²) in [5.74, 6) is -0.228. The second kappa shape index (κ2) is 7.31. The summed E-state index contributed by atoms with van der Waals surface area (Å²) < 4.78 is 1.89. The molecule has 148 valence electrons. The molecule has 7 nitrogen and oxygen atoms in total. The molecule has 1 saturated carbocycles. The van der Waals surface area contributed by atoms with Crippen LogP contribution in [0.25, 0.3) is 5.57 Å². The lowest BCUT2D eigenvalue weighted by Crippen LogP contribution is -2.22. The lowest BCUT2D eigenvalue weighted by molar-refractivity contribution is -0.112. The molecule has 2 aliphatic rings. The van der Waals surface area contributed by atoms with Crippen LogP contribution in [0.1, 0.15) is 48.0 Å². The number of hydrogen-bond acceptors (Lipinski definition) is 7. The van der Waals surface area contributed by atoms with Crippen LogP contribution < -0.4 is 15.4 Å². The highest BCUT2D eigenvalue weighted by Crippen LogP contribution is 2.36. The maximum Gasteiger partial charge on any atom is 0.279 e. The van der Waals surface area contributed by atoms with Crippen molar-refractivity contribution in [1.29, 1.82) is 0 Å². The topological polar surface area (TPSA) is 92.7 Å². The fourth-order valence-corrected chi connectivity index (χ4v) is 5.74. The van der Waals surface area contributed by atoms with Gasteiger partial charge in [0.1, 0.15) is 9.88 Å². The lowest BCUT2D eigenvalue weighted by atomic mass is 9.95. The van der Waals surface area contributed by atoms with Gasteiger partial charge in [0.15, 0.2) is 4.80 Å². The largest absolute Gasteiger partial charge is 0.493 e. The number of benzene rings is 1. The SMILES string of the molecule is Cc1nnc(/N=c2/sc(C3=c4ccccc4=NC3=O)c(O)n2C2CCCCC2)s1. The monoisotopic (exact) mass is 425 g/mol. The van der Waals surface area contributed by atoms with E-state index in [0.29, 0.717) is 25.7 Å². The molecule has 1 aromatic carbocycles. The highest BCUT2D eigenvalue weighted by Gasteiger charge is 2.28. The van der Waals surface area contributed by atoms with Gasteiger partial charge < -0.3 is 5.11 Å². The average molecular weight is 426 g/mol. The molecule has 1 aliphatic heterocycles. The molecule has 1 amide bonds. The van der Waals surface area contributed by atoms with Crippen molar-refractivity contribution in [2.24, 2.45) is 9.98 Å². The third kappa shape index (κ3) is 3.24. The van der Waals surface area contributed by atoms with E-state index in [0.717, 1.165) is 35.9 Å². The van der Waals surface area contributed by atoms with Crippen molar-refractivity contribution in [2.45, 2.75) is 45.1 Å². The standard InChI is InChI=1S/C20H19N5O2S2/c1-11-23-24-19(28-11)22-20-25(12-7-3-2-4-8-12)18(27)16(29-20)15-13-9-5-6-10-14(13)21-17(15)26/h5-6,9-10,12,27H,2-4,7-8H2,1H3/b22-20+. The minimum Gasteiger partial charge on any atom is -0.493 e. The number of carbonyl (C=O) groups is 1. The lowest BCUT2D eigenvalue weighted by Gasteiger charge is -2.23. The smallest absolute Gasteiger partial charge is 0.279 e. The van der Waals surface area contributed by atoms with Crippen LogP contribution in [0.2, 0.25) is 0 Å². The van der Waals surface area contributed by atoms with Crippen LogP contribution in [-0.4, -0.2) is 25.8 Å². The van der Waals surface area contributed by atoms with E-state index in [1.165, 1.54) is 29.1 Å². The molecule has 1 N–H and O–H groups in total. The molecule has 3 heterocycles. The minimum atomic E-state index is -0.322. The van der Waals surface area contributed by atoms with Crippen LogP contribution >= 0.6 is 22.7 Å². The van der Waals surface area contributed by atoms with Gasteiger partial charge in [0.2, 0.25) is 11.0 Å². The first-order valence-corrected chi connectivity index (χ1v) is 11.3. The van der Waals surface area contributed by atoms with Crippen molar-refractivity contribution in [3.63, 3.8) is 0 Å². The minimum absolute atomic E-state index is 0.0946. The van der Waals surface area contributed by atoms with Crippen LogP contribution in [-0.2, 0) is 4.79 Å². The molecular formula is C20H19N5O2S2. The number of aromatic nitrogens is 3. The predicted molar refractivity (Wildman–Crippen MR) is 111 cm³/mol. The van der Waals surface area contributed by atoms with Crippen molar-refractivity contribution in [3.8, 4) is 5.88 Å². The Labute approximate surface area is 174 Å². The number of fused-ring (bicyclic) bond motifs is 1. The Kier molecular flexibility index (Phi) is 4.63. The van der Waals surface area contributed by atoms with E-state index in [-0.39, 0.29) is 17.8 Å². The fourth-order valence-electron chi connectivity index (χ4n) is 3.99. The zero-order valence-electron chi connectivity index (χ0n) is 15.8. The van der Waals surface area contributed by atoms with E-state index in [9.17, 15) is 9.90 Å². The Bertz CT molecular complexity index is 1290. The van der Waals surface area contributed by atoms with Gasteiger partial charge in [0.25, 0.3) is 5.91 Å². The third-order valence-electron chi connectivity index (χ3n) is 5.31. The molecule has 0 atom stereocenters. The van der Waals surface area contributed by atoms with E-state index in [2.05, 4.69) is 20.2 Å². The first kappa shape index (κ1) is 18.4. The summed E-state index contributed by atoms with van der Waals surface area (Å²) in [6, 6.07) is 7.57. The highest BCUT2D eigenvalue weighted by atomic mass is 32.1. The van der Waals surface area contributed by atoms with Gasteiger partial charge in [-0.25, -0.2) is 4.99 Å². The average Bonchev–Trinajstić information content (AvgIpc) is 3.37. The van der Waals surface area contributed by atoms with E-state index < -0.39 is 0 Å². The Morgan fingerprint density at radius 3 is 2.69 bits per heavy atom. The summed E-state index contributed by atoms with van der Waals surface area (Å²) in [5, 5.41) is 22.1. The van der Waals surface area contributed by atoms with Gasteiger partial charge in [-0.2, -0.15) is 4.99 Å². The summed E-state index contributed by atoms with van der Waals surface area (Å²) in [6.45, 7) is 1.88. The van der Waals surface area contributed by atoms with Crippen LogP contribution in [0.3, 0.4) is 0 Å². The summed E-state index contributed by atoms with van der Waals surface area (Å²) in [6.07, 6.45) is 5.41. The zero-order chi connectivity index (χ0) is 20.0. The number of hydrogen-bond donors (Lipinski definition) is 1. The van der Waals surface area contributed by atoms with E-state index >= 15 is 0 Å². The number of thiazole rings is 1. The summed E-state index contributed by atoms with van der Waals surface area (Å²) in [4.78, 5) is 22.7. The van der Waals surface area contributed by atoms with Gasteiger partial charge in [-0.3, -0.25) is 9.36 Å². The maximum absolute atomic E-state index is 12.7. The van der Waals surface area contributed by atoms with Crippen molar-refractivity contribution >= 4 is 39.3 Å². The molecule has 3 aromatic rings. The summed E-state index contributed by atoms with van der Waals surface area (Å²) in [5.41, 5.74) is 0.447. The van der Waals surface area contributed by atoms with Crippen molar-refractivity contribution < 1.29 is 9.90 Å². The van der Waals surface area contributed by atoms with E-state index in [4.69, 9.17) is 0 Å². The number of aromatic hydroxyl groups is 1. The van der Waals surface area contributed by atoms with Crippen molar-refractivity contribution in [2.75, 3.05) is 0 Å². The molecule has 9 heteroatoms. The Hall–Kier alpha value is -2.65. The first-order valence-electron chi connectivity index (χ1n) is 9.64. The van der Waals surface area contributed by atoms with Gasteiger partial charge in [-0.05, 0) is 25.8 Å². The molecule has 0 unspecified atom stereocenters. The molecule has 1 fully saturated rings. The maximum atomic E-state index is 12.7. The van der Waals surface area contributed by atoms with Gasteiger partial charge in [-0.1, -0.05) is 60.1 Å². The second-order valence-electron chi connectivity index (χ2n) is 7.22. The van der Waals surface area contributed by atoms with Gasteiger partial charge in [-0.15, -0.1) is 10.2 Å². The first-order chi connectivity index (χ1) is 14.1. The quantitative estimate of drug-likeness (QED) is 0.698. The molecular weight excluding hydrogens is 406 g/mol. The molecule has 5 rings (SSSR count). The van der Waals surface area contributed by atoms with Crippen LogP contribution in [0.15, 0.2) is 34.3 Å². The van der Waals surface area contributed by atoms with Gasteiger partial charge in [0, 0.05) is 11.3 Å². The zero-order valence-corrected chi connectivity index (χ0v) is 17.5. The predicted octanol–water partition coefficient (Wildman–Crippen LogP) is 2.51. The molecule has 2 aromatic heterocycles. The molecule has 0 spiro atoms.